The van der Waals surface area contributed by atoms with E-state index in [0.29, 0.717) is 0 Å². The molecule has 1 atom stereocenters. The third-order valence-corrected chi connectivity index (χ3v) is 3.65. The summed E-state index contributed by atoms with van der Waals surface area (Å²) in [5, 5.41) is 18.9. The first-order chi connectivity index (χ1) is 7.93. The van der Waals surface area contributed by atoms with Gasteiger partial charge in [-0.3, -0.25) is 9.36 Å². The molecule has 2 aromatic rings. The van der Waals surface area contributed by atoms with Crippen LogP contribution in [0.25, 0.3) is 0 Å². The van der Waals surface area contributed by atoms with Crippen LogP contribution in [0.1, 0.15) is 28.7 Å². The van der Waals surface area contributed by atoms with Crippen molar-refractivity contribution in [2.45, 2.75) is 20.0 Å². The number of hydrogen-bond donors (Lipinski definition) is 1. The van der Waals surface area contributed by atoms with Gasteiger partial charge in [0.1, 0.15) is 6.10 Å². The molecule has 1 unspecified atom stereocenters. The molecule has 0 saturated carbocycles. The number of rotatable bonds is 2. The molecule has 0 spiro atoms. The van der Waals surface area contributed by atoms with Crippen molar-refractivity contribution >= 4 is 15.9 Å². The van der Waals surface area contributed by atoms with Gasteiger partial charge in [-0.15, -0.1) is 0 Å². The van der Waals surface area contributed by atoms with Crippen LogP contribution in [0.15, 0.2) is 10.7 Å². The van der Waals surface area contributed by atoms with Crippen molar-refractivity contribution in [3.63, 3.8) is 0 Å². The van der Waals surface area contributed by atoms with Crippen LogP contribution in [0.4, 0.5) is 0 Å². The van der Waals surface area contributed by atoms with Crippen LogP contribution >= 0.6 is 15.9 Å². The van der Waals surface area contributed by atoms with Crippen molar-refractivity contribution < 1.29 is 5.11 Å². The van der Waals surface area contributed by atoms with E-state index in [1.165, 1.54) is 0 Å². The Kier molecular flexibility index (Phi) is 3.09. The molecule has 0 aliphatic heterocycles. The van der Waals surface area contributed by atoms with E-state index in [9.17, 15) is 5.11 Å². The summed E-state index contributed by atoms with van der Waals surface area (Å²) < 4.78 is 4.24. The molecule has 6 heteroatoms. The number of aliphatic hydroxyl groups excluding tert-OH is 1. The fourth-order valence-electron chi connectivity index (χ4n) is 2.05. The Morgan fingerprint density at radius 1 is 1.29 bits per heavy atom. The van der Waals surface area contributed by atoms with Gasteiger partial charge in [-0.2, -0.15) is 10.2 Å². The second-order valence-electron chi connectivity index (χ2n) is 4.11. The lowest BCUT2D eigenvalue weighted by atomic mass is 10.0. The molecule has 0 aliphatic rings. The highest BCUT2D eigenvalue weighted by molar-refractivity contribution is 9.10. The molecule has 92 valence electrons. The molecule has 0 radical (unpaired) electrons. The molecular weight excluding hydrogens is 284 g/mol. The van der Waals surface area contributed by atoms with E-state index in [1.807, 2.05) is 27.9 Å². The van der Waals surface area contributed by atoms with E-state index in [2.05, 4.69) is 26.1 Å². The minimum atomic E-state index is -0.717. The topological polar surface area (TPSA) is 55.9 Å². The van der Waals surface area contributed by atoms with Crippen LogP contribution in [-0.4, -0.2) is 24.7 Å². The Bertz CT molecular complexity index is 539. The zero-order valence-corrected chi connectivity index (χ0v) is 11.9. The third kappa shape index (κ3) is 1.91. The van der Waals surface area contributed by atoms with Gasteiger partial charge in [-0.25, -0.2) is 0 Å². The minimum Gasteiger partial charge on any atom is -0.382 e. The van der Waals surface area contributed by atoms with Gasteiger partial charge in [0.05, 0.1) is 22.1 Å². The quantitative estimate of drug-likeness (QED) is 0.916. The molecule has 2 aromatic heterocycles. The van der Waals surface area contributed by atoms with Gasteiger partial charge in [-0.1, -0.05) is 0 Å². The number of hydrogen-bond acceptors (Lipinski definition) is 3. The predicted molar refractivity (Wildman–Crippen MR) is 67.7 cm³/mol. The summed E-state index contributed by atoms with van der Waals surface area (Å²) in [4.78, 5) is 0. The Hall–Kier alpha value is -1.14. The maximum atomic E-state index is 10.5. The number of halogens is 1. The minimum absolute atomic E-state index is 0.717. The average molecular weight is 299 g/mol. The van der Waals surface area contributed by atoms with Crippen molar-refractivity contribution in [1.29, 1.82) is 0 Å². The zero-order chi connectivity index (χ0) is 12.7. The summed E-state index contributed by atoms with van der Waals surface area (Å²) in [6.07, 6.45) is 0.963. The molecule has 2 heterocycles. The zero-order valence-electron chi connectivity index (χ0n) is 10.3. The Labute approximate surface area is 108 Å². The van der Waals surface area contributed by atoms with Gasteiger partial charge in [-0.05, 0) is 29.8 Å². The van der Waals surface area contributed by atoms with Gasteiger partial charge >= 0.3 is 0 Å². The summed E-state index contributed by atoms with van der Waals surface area (Å²) >= 11 is 3.40. The summed E-state index contributed by atoms with van der Waals surface area (Å²) in [6.45, 7) is 3.85. The summed E-state index contributed by atoms with van der Waals surface area (Å²) in [5.74, 6) is 0. The van der Waals surface area contributed by atoms with Crippen LogP contribution in [0, 0.1) is 13.8 Å². The molecule has 1 N–H and O–H groups in total. The first-order valence-corrected chi connectivity index (χ1v) is 6.08. The lowest BCUT2D eigenvalue weighted by Crippen LogP contribution is -2.09. The maximum Gasteiger partial charge on any atom is 0.125 e. The Balaban J connectivity index is 2.54. The smallest absolute Gasteiger partial charge is 0.125 e. The second kappa shape index (κ2) is 4.27. The fourth-order valence-corrected chi connectivity index (χ4v) is 2.62. The number of aliphatic hydroxyl groups is 1. The van der Waals surface area contributed by atoms with Crippen LogP contribution < -0.4 is 0 Å². The summed E-state index contributed by atoms with van der Waals surface area (Å²) in [7, 11) is 3.68. The van der Waals surface area contributed by atoms with Crippen molar-refractivity contribution in [1.82, 2.24) is 19.6 Å². The second-order valence-corrected chi connectivity index (χ2v) is 4.97. The molecule has 0 amide bonds. The number of aryl methyl sites for hydroxylation is 3. The third-order valence-electron chi connectivity index (χ3n) is 3.04. The van der Waals surface area contributed by atoms with Crippen molar-refractivity contribution in [2.75, 3.05) is 0 Å². The SMILES string of the molecule is Cc1nn(C)c(C)c1C(O)c1c(Br)cnn1C. The number of nitrogens with zero attached hydrogens (tertiary/aromatic N) is 4. The van der Waals surface area contributed by atoms with E-state index >= 15 is 0 Å². The fraction of sp³-hybridized carbons (Fsp3) is 0.455. The molecule has 0 bridgehead atoms. The van der Waals surface area contributed by atoms with Gasteiger partial charge in [0.15, 0.2) is 0 Å². The first kappa shape index (κ1) is 12.3. The van der Waals surface area contributed by atoms with E-state index in [4.69, 9.17) is 0 Å². The predicted octanol–water partition coefficient (Wildman–Crippen LogP) is 1.61. The van der Waals surface area contributed by atoms with Crippen LogP contribution in [0.3, 0.4) is 0 Å². The van der Waals surface area contributed by atoms with Crippen molar-refractivity contribution in [3.8, 4) is 0 Å². The lowest BCUT2D eigenvalue weighted by molar-refractivity contribution is 0.207. The lowest BCUT2D eigenvalue weighted by Gasteiger charge is -2.12. The summed E-state index contributed by atoms with van der Waals surface area (Å²) in [6, 6.07) is 0. The first-order valence-electron chi connectivity index (χ1n) is 5.29. The van der Waals surface area contributed by atoms with Crippen molar-refractivity contribution in [3.05, 3.63) is 33.3 Å². The Morgan fingerprint density at radius 2 is 1.94 bits per heavy atom. The highest BCUT2D eigenvalue weighted by Crippen LogP contribution is 2.31. The molecule has 2 rings (SSSR count). The maximum absolute atomic E-state index is 10.5. The molecular formula is C11H15BrN4O. The van der Waals surface area contributed by atoms with Gasteiger partial charge in [0, 0.05) is 25.4 Å². The van der Waals surface area contributed by atoms with E-state index in [-0.39, 0.29) is 0 Å². The number of aromatic nitrogens is 4. The molecule has 17 heavy (non-hydrogen) atoms. The largest absolute Gasteiger partial charge is 0.382 e. The molecule has 0 aliphatic carbocycles. The standard InChI is InChI=1S/C11H15BrN4O/c1-6-9(7(2)15(3)14-6)11(17)10-8(12)5-13-16(10)4/h5,11,17H,1-4H3. The van der Waals surface area contributed by atoms with Gasteiger partial charge in [0.25, 0.3) is 0 Å². The van der Waals surface area contributed by atoms with Crippen molar-refractivity contribution in [2.24, 2.45) is 14.1 Å². The monoisotopic (exact) mass is 298 g/mol. The Morgan fingerprint density at radius 3 is 2.35 bits per heavy atom. The molecule has 0 fully saturated rings. The van der Waals surface area contributed by atoms with Crippen LogP contribution in [-0.2, 0) is 14.1 Å². The van der Waals surface area contributed by atoms with E-state index < -0.39 is 6.10 Å². The highest BCUT2D eigenvalue weighted by atomic mass is 79.9. The van der Waals surface area contributed by atoms with Gasteiger partial charge in [0.2, 0.25) is 0 Å². The van der Waals surface area contributed by atoms with Gasteiger partial charge < -0.3 is 5.11 Å². The van der Waals surface area contributed by atoms with E-state index in [0.717, 1.165) is 27.1 Å². The molecule has 0 saturated heterocycles. The average Bonchev–Trinajstić information content (AvgIpc) is 2.69. The molecule has 5 nitrogen and oxygen atoms in total. The molecule has 0 aromatic carbocycles. The van der Waals surface area contributed by atoms with Crippen LogP contribution in [0.2, 0.25) is 0 Å². The van der Waals surface area contributed by atoms with Crippen LogP contribution in [0.5, 0.6) is 0 Å². The van der Waals surface area contributed by atoms with E-state index in [1.54, 1.807) is 15.6 Å². The highest BCUT2D eigenvalue weighted by Gasteiger charge is 2.24. The normalized spacial score (nSPS) is 13.1. The summed E-state index contributed by atoms with van der Waals surface area (Å²) in [5.41, 5.74) is 3.38.